The van der Waals surface area contributed by atoms with Crippen LogP contribution in [0, 0.1) is 0 Å². The normalized spacial score (nSPS) is 11.5. The fraction of sp³-hybridized carbons (Fsp3) is 0.250. The van der Waals surface area contributed by atoms with E-state index in [2.05, 4.69) is 35.2 Å². The predicted octanol–water partition coefficient (Wildman–Crippen LogP) is 2.44. The molecule has 0 radical (unpaired) electrons. The third-order valence-corrected chi connectivity index (χ3v) is 4.56. The SMILES string of the molecule is CC(C)(Nc1ncc(-c2ncc(C(N)=O)s2)nn1)c1cccc(OC(F)F)n1. The van der Waals surface area contributed by atoms with E-state index in [1.807, 2.05) is 0 Å². The lowest BCUT2D eigenvalue weighted by atomic mass is 10.0. The van der Waals surface area contributed by atoms with Gasteiger partial charge in [-0.2, -0.15) is 8.78 Å². The van der Waals surface area contributed by atoms with Gasteiger partial charge in [0.05, 0.1) is 23.6 Å². The Balaban J connectivity index is 1.76. The molecule has 146 valence electrons. The van der Waals surface area contributed by atoms with E-state index >= 15 is 0 Å². The summed E-state index contributed by atoms with van der Waals surface area (Å²) in [6, 6.07) is 4.56. The first-order chi connectivity index (χ1) is 13.2. The standard InChI is InChI=1S/C16H15F2N7O2S/c1-16(2,10-4-3-5-11(22-10)27-14(17)18)23-15-21-6-8(24-25-15)13-20-7-9(28-13)12(19)26/h3-7,14H,1-2H3,(H2,19,26)(H,21,23,25). The number of alkyl halides is 2. The fourth-order valence-electron chi connectivity index (χ4n) is 2.20. The van der Waals surface area contributed by atoms with Gasteiger partial charge in [0.1, 0.15) is 15.6 Å². The second-order valence-electron chi connectivity index (χ2n) is 6.05. The number of thiazole rings is 1. The van der Waals surface area contributed by atoms with Crippen LogP contribution in [-0.4, -0.2) is 37.7 Å². The molecule has 3 aromatic rings. The van der Waals surface area contributed by atoms with Crippen molar-refractivity contribution in [2.24, 2.45) is 5.73 Å². The first-order valence-electron chi connectivity index (χ1n) is 7.91. The number of ether oxygens (including phenoxy) is 1. The van der Waals surface area contributed by atoms with Gasteiger partial charge in [-0.15, -0.1) is 21.5 Å². The molecular weight excluding hydrogens is 392 g/mol. The van der Waals surface area contributed by atoms with Gasteiger partial charge in [-0.1, -0.05) is 6.07 Å². The number of rotatable bonds is 7. The Kier molecular flexibility index (Phi) is 5.40. The molecule has 3 heterocycles. The van der Waals surface area contributed by atoms with E-state index in [9.17, 15) is 13.6 Å². The number of nitrogens with two attached hydrogens (primary N) is 1. The van der Waals surface area contributed by atoms with Crippen LogP contribution in [0.25, 0.3) is 10.7 Å². The van der Waals surface area contributed by atoms with E-state index in [0.29, 0.717) is 21.3 Å². The molecule has 3 aromatic heterocycles. The minimum atomic E-state index is -2.96. The zero-order chi connectivity index (χ0) is 20.3. The summed E-state index contributed by atoms with van der Waals surface area (Å²) in [4.78, 5) is 23.8. The Labute approximate surface area is 162 Å². The third kappa shape index (κ3) is 4.52. The molecule has 0 bridgehead atoms. The molecule has 0 aliphatic rings. The molecule has 0 aromatic carbocycles. The average Bonchev–Trinajstić information content (AvgIpc) is 3.12. The number of nitrogens with zero attached hydrogens (tertiary/aromatic N) is 5. The van der Waals surface area contributed by atoms with Crippen LogP contribution in [0.5, 0.6) is 5.88 Å². The van der Waals surface area contributed by atoms with Crippen molar-refractivity contribution < 1.29 is 18.3 Å². The highest BCUT2D eigenvalue weighted by molar-refractivity contribution is 7.16. The molecule has 0 spiro atoms. The molecule has 0 saturated heterocycles. The van der Waals surface area contributed by atoms with Crippen molar-refractivity contribution in [1.29, 1.82) is 0 Å². The highest BCUT2D eigenvalue weighted by atomic mass is 32.1. The number of anilines is 1. The molecule has 0 aliphatic carbocycles. The lowest BCUT2D eigenvalue weighted by molar-refractivity contribution is -0.0530. The van der Waals surface area contributed by atoms with Gasteiger partial charge in [-0.05, 0) is 19.9 Å². The molecule has 1 amide bonds. The predicted molar refractivity (Wildman–Crippen MR) is 97.0 cm³/mol. The summed E-state index contributed by atoms with van der Waals surface area (Å²) in [5.74, 6) is -0.566. The van der Waals surface area contributed by atoms with Crippen molar-refractivity contribution in [1.82, 2.24) is 25.1 Å². The van der Waals surface area contributed by atoms with Crippen molar-refractivity contribution in [3.63, 3.8) is 0 Å². The monoisotopic (exact) mass is 407 g/mol. The average molecular weight is 407 g/mol. The van der Waals surface area contributed by atoms with Crippen molar-refractivity contribution in [3.8, 4) is 16.6 Å². The molecule has 0 atom stereocenters. The first kappa shape index (κ1) is 19.5. The molecule has 0 fully saturated rings. The van der Waals surface area contributed by atoms with Gasteiger partial charge in [0.2, 0.25) is 11.8 Å². The first-order valence-corrected chi connectivity index (χ1v) is 8.72. The molecule has 0 saturated carbocycles. The minimum Gasteiger partial charge on any atom is -0.417 e. The van der Waals surface area contributed by atoms with Crippen molar-refractivity contribution in [2.75, 3.05) is 5.32 Å². The van der Waals surface area contributed by atoms with Crippen LogP contribution < -0.4 is 15.8 Å². The summed E-state index contributed by atoms with van der Waals surface area (Å²) in [7, 11) is 0. The largest absolute Gasteiger partial charge is 0.417 e. The highest BCUT2D eigenvalue weighted by Crippen LogP contribution is 2.26. The van der Waals surface area contributed by atoms with E-state index in [0.717, 1.165) is 11.3 Å². The molecule has 3 rings (SSSR count). The molecule has 0 aliphatic heterocycles. The van der Waals surface area contributed by atoms with Crippen LogP contribution in [0.2, 0.25) is 0 Å². The van der Waals surface area contributed by atoms with Crippen LogP contribution in [-0.2, 0) is 5.54 Å². The Morgan fingerprint density at radius 1 is 1.25 bits per heavy atom. The van der Waals surface area contributed by atoms with Crippen LogP contribution in [0.3, 0.4) is 0 Å². The molecular formula is C16H15F2N7O2S. The summed E-state index contributed by atoms with van der Waals surface area (Å²) in [6.45, 7) is 0.595. The molecule has 3 N–H and O–H groups in total. The molecule has 28 heavy (non-hydrogen) atoms. The molecule has 9 nitrogen and oxygen atoms in total. The number of halogens is 2. The molecule has 0 unspecified atom stereocenters. The van der Waals surface area contributed by atoms with E-state index in [1.165, 1.54) is 18.5 Å². The number of hydrogen-bond donors (Lipinski definition) is 2. The number of carbonyl (C=O) groups is 1. The summed E-state index contributed by atoms with van der Waals surface area (Å²) in [6.07, 6.45) is 2.80. The smallest absolute Gasteiger partial charge is 0.388 e. The van der Waals surface area contributed by atoms with Crippen LogP contribution >= 0.6 is 11.3 Å². The lowest BCUT2D eigenvalue weighted by Gasteiger charge is -2.25. The van der Waals surface area contributed by atoms with E-state index in [4.69, 9.17) is 5.73 Å². The number of amides is 1. The number of aromatic nitrogens is 5. The maximum Gasteiger partial charge on any atom is 0.388 e. The van der Waals surface area contributed by atoms with E-state index in [1.54, 1.807) is 26.0 Å². The van der Waals surface area contributed by atoms with E-state index in [-0.39, 0.29) is 11.8 Å². The second-order valence-corrected chi connectivity index (χ2v) is 7.08. The number of hydrogen-bond acceptors (Lipinski definition) is 9. The van der Waals surface area contributed by atoms with E-state index < -0.39 is 18.1 Å². The summed E-state index contributed by atoms with van der Waals surface area (Å²) in [5, 5.41) is 11.5. The summed E-state index contributed by atoms with van der Waals surface area (Å²) in [5.41, 5.74) is 5.23. The van der Waals surface area contributed by atoms with Gasteiger partial charge < -0.3 is 15.8 Å². The van der Waals surface area contributed by atoms with Gasteiger partial charge >= 0.3 is 6.61 Å². The highest BCUT2D eigenvalue weighted by Gasteiger charge is 2.24. The Morgan fingerprint density at radius 2 is 2.04 bits per heavy atom. The Bertz CT molecular complexity index is 979. The van der Waals surface area contributed by atoms with Gasteiger partial charge in [0.25, 0.3) is 5.91 Å². The van der Waals surface area contributed by atoms with Crippen molar-refractivity contribution in [2.45, 2.75) is 26.0 Å². The van der Waals surface area contributed by atoms with Gasteiger partial charge in [-0.25, -0.2) is 15.0 Å². The lowest BCUT2D eigenvalue weighted by Crippen LogP contribution is -2.30. The van der Waals surface area contributed by atoms with Gasteiger partial charge in [-0.3, -0.25) is 4.79 Å². The summed E-state index contributed by atoms with van der Waals surface area (Å²) >= 11 is 1.08. The van der Waals surface area contributed by atoms with Crippen LogP contribution in [0.1, 0.15) is 29.2 Å². The number of pyridine rings is 1. The summed E-state index contributed by atoms with van der Waals surface area (Å²) < 4.78 is 29.1. The Hall–Kier alpha value is -3.28. The second kappa shape index (κ2) is 7.76. The van der Waals surface area contributed by atoms with Crippen LogP contribution in [0.15, 0.2) is 30.6 Å². The molecule has 12 heteroatoms. The van der Waals surface area contributed by atoms with Crippen LogP contribution in [0.4, 0.5) is 14.7 Å². The van der Waals surface area contributed by atoms with Gasteiger partial charge in [0.15, 0.2) is 0 Å². The van der Waals surface area contributed by atoms with Gasteiger partial charge in [0, 0.05) is 6.07 Å². The van der Waals surface area contributed by atoms with Crippen molar-refractivity contribution in [3.05, 3.63) is 41.2 Å². The zero-order valence-corrected chi connectivity index (χ0v) is 15.6. The quantitative estimate of drug-likeness (QED) is 0.611. The van der Waals surface area contributed by atoms with Crippen molar-refractivity contribution >= 4 is 23.2 Å². The Morgan fingerprint density at radius 3 is 2.64 bits per heavy atom. The maximum absolute atomic E-state index is 12.4. The maximum atomic E-state index is 12.4. The zero-order valence-electron chi connectivity index (χ0n) is 14.8. The number of primary amides is 1. The third-order valence-electron chi connectivity index (χ3n) is 3.53. The fourth-order valence-corrected chi connectivity index (χ4v) is 2.92. The number of nitrogens with one attached hydrogen (secondary N) is 1. The minimum absolute atomic E-state index is 0.189. The topological polar surface area (TPSA) is 129 Å². The number of carbonyl (C=O) groups excluding carboxylic acids is 1.